The summed E-state index contributed by atoms with van der Waals surface area (Å²) in [5, 5.41) is 29.0. The number of hydrogen-bond donors (Lipinski definition) is 3. The Morgan fingerprint density at radius 1 is 0.723 bits per heavy atom. The van der Waals surface area contributed by atoms with E-state index in [2.05, 4.69) is 35.1 Å². The van der Waals surface area contributed by atoms with Gasteiger partial charge in [0.1, 0.15) is 11.6 Å². The normalized spacial score (nSPS) is 13.8. The van der Waals surface area contributed by atoms with Gasteiger partial charge in [0.25, 0.3) is 20.0 Å². The molecule has 17 nitrogen and oxygen atoms in total. The number of halogens is 2. The molecule has 0 spiro atoms. The van der Waals surface area contributed by atoms with Crippen LogP contribution < -0.4 is 9.86 Å². The number of aliphatic carboxylic acids is 1. The first-order valence-electron chi connectivity index (χ1n) is 20.7. The Morgan fingerprint density at radius 2 is 1.15 bits per heavy atom. The zero-order valence-corrected chi connectivity index (χ0v) is 38.2. The van der Waals surface area contributed by atoms with Crippen molar-refractivity contribution in [3.05, 3.63) is 119 Å². The van der Waals surface area contributed by atoms with Gasteiger partial charge in [0, 0.05) is 23.8 Å². The molecule has 2 saturated carbocycles. The fourth-order valence-corrected chi connectivity index (χ4v) is 8.22. The van der Waals surface area contributed by atoms with Gasteiger partial charge in [-0.2, -0.15) is 28.2 Å². The SMILES string of the molecule is Cc1cc(-c2cc(F)cc(C(C)C)c2CC(=O)NS(=O)(=O)c2cnn(C3CC3)n2)ccn1.Cc1cc(-c2cc(F)cc(C(C)C)c2CC(=O)O)ccn1.NS(=O)(=O)c1cnn(C2CC2)n1. The predicted octanol–water partition coefficient (Wildman–Crippen LogP) is 6.50. The molecule has 4 aromatic heterocycles. The molecule has 8 rings (SSSR count). The van der Waals surface area contributed by atoms with Gasteiger partial charge < -0.3 is 5.11 Å². The molecule has 0 saturated heterocycles. The van der Waals surface area contributed by atoms with Gasteiger partial charge in [0.2, 0.25) is 16.0 Å². The highest BCUT2D eigenvalue weighted by Gasteiger charge is 2.30. The van der Waals surface area contributed by atoms with Gasteiger partial charge in [-0.05, 0) is 144 Å². The van der Waals surface area contributed by atoms with Crippen LogP contribution in [-0.2, 0) is 42.5 Å². The van der Waals surface area contributed by atoms with Crippen LogP contribution in [0.4, 0.5) is 8.78 Å². The predicted molar refractivity (Wildman–Crippen MR) is 235 cm³/mol. The number of carbonyl (C=O) groups excluding carboxylic acids is 1. The smallest absolute Gasteiger partial charge is 0.307 e. The van der Waals surface area contributed by atoms with Gasteiger partial charge in [-0.25, -0.2) is 27.1 Å². The van der Waals surface area contributed by atoms with Crippen molar-refractivity contribution in [2.75, 3.05) is 0 Å². The third kappa shape index (κ3) is 12.7. The molecule has 6 aromatic rings. The Bertz CT molecular complexity index is 2950. The van der Waals surface area contributed by atoms with E-state index in [0.29, 0.717) is 33.4 Å². The first-order valence-corrected chi connectivity index (χ1v) is 23.8. The number of aromatic nitrogens is 8. The number of sulfonamides is 2. The number of nitrogens with two attached hydrogens (primary N) is 1. The molecule has 0 radical (unpaired) electrons. The zero-order chi connectivity index (χ0) is 47.4. The van der Waals surface area contributed by atoms with Crippen molar-refractivity contribution >= 4 is 31.9 Å². The van der Waals surface area contributed by atoms with Crippen LogP contribution in [0.25, 0.3) is 22.3 Å². The summed E-state index contributed by atoms with van der Waals surface area (Å²) in [6.45, 7) is 11.3. The van der Waals surface area contributed by atoms with Crippen molar-refractivity contribution in [2.45, 2.75) is 114 Å². The maximum absolute atomic E-state index is 14.4. The zero-order valence-electron chi connectivity index (χ0n) is 36.6. The molecule has 2 fully saturated rings. The van der Waals surface area contributed by atoms with Gasteiger partial charge in [-0.1, -0.05) is 27.7 Å². The summed E-state index contributed by atoms with van der Waals surface area (Å²) in [5.41, 5.74) is 6.84. The molecule has 0 aliphatic heterocycles. The topological polar surface area (TPSA) is 248 Å². The highest BCUT2D eigenvalue weighted by molar-refractivity contribution is 7.90. The quantitative estimate of drug-likeness (QED) is 0.112. The van der Waals surface area contributed by atoms with Crippen LogP contribution >= 0.6 is 0 Å². The number of amides is 1. The van der Waals surface area contributed by atoms with Gasteiger partial charge in [0.15, 0.2) is 0 Å². The van der Waals surface area contributed by atoms with E-state index in [-0.39, 0.29) is 52.6 Å². The number of hydrogen-bond acceptors (Lipinski definition) is 12. The van der Waals surface area contributed by atoms with E-state index in [1.165, 1.54) is 40.1 Å². The molecule has 0 unspecified atom stereocenters. The summed E-state index contributed by atoms with van der Waals surface area (Å²) in [6.07, 6.45) is 9.05. The molecule has 0 bridgehead atoms. The first kappa shape index (κ1) is 48.1. The molecule has 2 aromatic carbocycles. The van der Waals surface area contributed by atoms with Crippen molar-refractivity contribution in [1.29, 1.82) is 0 Å². The molecule has 65 heavy (non-hydrogen) atoms. The third-order valence-electron chi connectivity index (χ3n) is 10.4. The monoisotopic (exact) mass is 932 g/mol. The molecule has 21 heteroatoms. The lowest BCUT2D eigenvalue weighted by Crippen LogP contribution is -2.32. The van der Waals surface area contributed by atoms with Gasteiger partial charge in [0.05, 0.1) is 37.3 Å². The Balaban J connectivity index is 0.000000181. The summed E-state index contributed by atoms with van der Waals surface area (Å²) in [7, 11) is -7.85. The summed E-state index contributed by atoms with van der Waals surface area (Å²) in [5.74, 6) is -2.45. The van der Waals surface area contributed by atoms with Crippen LogP contribution in [0.3, 0.4) is 0 Å². The van der Waals surface area contributed by atoms with Gasteiger partial charge >= 0.3 is 5.97 Å². The Labute approximate surface area is 375 Å². The van der Waals surface area contributed by atoms with E-state index in [4.69, 9.17) is 10.2 Å². The van der Waals surface area contributed by atoms with Crippen molar-refractivity contribution in [2.24, 2.45) is 5.14 Å². The standard InChI is InChI=1S/C22H24FN5O3S.C17H18FNO2.C5H8N4O2S/c1-13(2)18-9-16(23)10-19(15-6-7-24-14(3)8-15)20(18)11-21(29)27-32(30,31)22-12-25-28(26-22)17-4-5-17;1-10(2)14-7-13(18)8-15(16(14)9-17(20)21)12-4-5-19-11(3)6-12;6-12(10,11)5-3-7-9(8-5)4-1-2-4/h6-10,12-13,17H,4-5,11H2,1-3H3,(H,27,29);4-8,10H,9H2,1-3H3,(H,20,21);3-4H,1-2H2,(H2,6,10,11). The lowest BCUT2D eigenvalue weighted by Gasteiger charge is -2.18. The maximum Gasteiger partial charge on any atom is 0.307 e. The molecule has 4 N–H and O–H groups in total. The van der Waals surface area contributed by atoms with E-state index in [9.17, 15) is 35.2 Å². The number of nitrogens with one attached hydrogen (secondary N) is 1. The molecule has 1 amide bonds. The van der Waals surface area contributed by atoms with Crippen LogP contribution in [-0.4, -0.2) is 73.8 Å². The number of carbonyl (C=O) groups is 2. The number of pyridine rings is 2. The summed E-state index contributed by atoms with van der Waals surface area (Å²) in [4.78, 5) is 35.0. The maximum atomic E-state index is 14.4. The second kappa shape index (κ2) is 19.8. The number of benzene rings is 2. The van der Waals surface area contributed by atoms with Crippen LogP contribution in [0.2, 0.25) is 0 Å². The largest absolute Gasteiger partial charge is 0.481 e. The average molecular weight is 933 g/mol. The molecule has 2 aliphatic carbocycles. The Morgan fingerprint density at radius 3 is 1.54 bits per heavy atom. The van der Waals surface area contributed by atoms with Crippen LogP contribution in [0.1, 0.15) is 111 Å². The number of rotatable bonds is 13. The third-order valence-corrected chi connectivity index (χ3v) is 12.4. The van der Waals surface area contributed by atoms with E-state index in [1.807, 2.05) is 47.6 Å². The molecule has 0 atom stereocenters. The molecule has 2 aliphatic rings. The summed E-state index contributed by atoms with van der Waals surface area (Å²) in [6, 6.07) is 13.1. The molecule has 344 valence electrons. The van der Waals surface area contributed by atoms with Crippen LogP contribution in [0.15, 0.2) is 83.4 Å². The van der Waals surface area contributed by atoms with Crippen LogP contribution in [0.5, 0.6) is 0 Å². The van der Waals surface area contributed by atoms with Crippen molar-refractivity contribution in [3.8, 4) is 22.3 Å². The number of carboxylic acid groups (broad SMARTS) is 1. The fraction of sp³-hybridized carbons (Fsp3) is 0.364. The fourth-order valence-electron chi connectivity index (χ4n) is 6.97. The minimum atomic E-state index is -4.17. The van der Waals surface area contributed by atoms with Crippen molar-refractivity contribution in [1.82, 2.24) is 44.7 Å². The van der Waals surface area contributed by atoms with E-state index < -0.39 is 37.7 Å². The lowest BCUT2D eigenvalue weighted by atomic mass is 9.88. The minimum Gasteiger partial charge on any atom is -0.481 e. The second-order valence-electron chi connectivity index (χ2n) is 16.5. The summed E-state index contributed by atoms with van der Waals surface area (Å²) < 4.78 is 77.2. The van der Waals surface area contributed by atoms with Crippen molar-refractivity contribution in [3.63, 3.8) is 0 Å². The second-order valence-corrected chi connectivity index (χ2v) is 19.7. The van der Waals surface area contributed by atoms with E-state index >= 15 is 0 Å². The van der Waals surface area contributed by atoms with Gasteiger partial charge in [-0.15, -0.1) is 10.2 Å². The highest BCUT2D eigenvalue weighted by atomic mass is 32.2. The summed E-state index contributed by atoms with van der Waals surface area (Å²) >= 11 is 0. The highest BCUT2D eigenvalue weighted by Crippen LogP contribution is 2.36. The molecular weight excluding hydrogens is 883 g/mol. The van der Waals surface area contributed by atoms with E-state index in [0.717, 1.165) is 54.4 Å². The van der Waals surface area contributed by atoms with Crippen LogP contribution in [0, 0.1) is 25.5 Å². The first-order chi connectivity index (χ1) is 30.6. The minimum absolute atomic E-state index is 0.0525. The molecule has 4 heterocycles. The number of primary sulfonamides is 1. The average Bonchev–Trinajstić information content (AvgIpc) is 4.15. The van der Waals surface area contributed by atoms with Crippen molar-refractivity contribution < 1.29 is 40.3 Å². The number of aryl methyl sites for hydroxylation is 2. The van der Waals surface area contributed by atoms with Gasteiger partial charge in [-0.3, -0.25) is 19.6 Å². The number of nitrogens with zero attached hydrogens (tertiary/aromatic N) is 8. The lowest BCUT2D eigenvalue weighted by molar-refractivity contribution is -0.136. The number of carboxylic acids is 1. The van der Waals surface area contributed by atoms with E-state index in [1.54, 1.807) is 30.6 Å². The Hall–Kier alpha value is -6.32. The Kier molecular flexibility index (Phi) is 14.7. The molecular formula is C44H50F2N10O7S2.